The van der Waals surface area contributed by atoms with E-state index in [-0.39, 0.29) is 0 Å². The predicted octanol–water partition coefficient (Wildman–Crippen LogP) is 2.92. The van der Waals surface area contributed by atoms with Gasteiger partial charge in [0.15, 0.2) is 0 Å². The van der Waals surface area contributed by atoms with E-state index in [1.54, 1.807) is 0 Å². The molecule has 0 aliphatic carbocycles. The fourth-order valence-corrected chi connectivity index (χ4v) is 1.76. The molecule has 96 valence electrons. The zero-order valence-corrected chi connectivity index (χ0v) is 11.4. The fraction of sp³-hybridized carbons (Fsp3) is 0.643. The van der Waals surface area contributed by atoms with Gasteiger partial charge in [0.05, 0.1) is 12.3 Å². The summed E-state index contributed by atoms with van der Waals surface area (Å²) in [6, 6.07) is 4.03. The van der Waals surface area contributed by atoms with Gasteiger partial charge in [0, 0.05) is 12.2 Å². The Morgan fingerprint density at radius 2 is 2.00 bits per heavy atom. The first-order valence-corrected chi connectivity index (χ1v) is 6.45. The summed E-state index contributed by atoms with van der Waals surface area (Å²) in [6.07, 6.45) is 2.33. The topological polar surface area (TPSA) is 34.1 Å². The maximum atomic E-state index is 5.89. The van der Waals surface area contributed by atoms with Crippen LogP contribution in [0.4, 0.5) is 0 Å². The van der Waals surface area contributed by atoms with Crippen molar-refractivity contribution in [2.75, 3.05) is 13.7 Å². The zero-order chi connectivity index (χ0) is 12.7. The predicted molar refractivity (Wildman–Crippen MR) is 71.3 cm³/mol. The molecule has 0 aromatic carbocycles. The Morgan fingerprint density at radius 3 is 2.59 bits per heavy atom. The van der Waals surface area contributed by atoms with Gasteiger partial charge in [-0.3, -0.25) is 4.98 Å². The van der Waals surface area contributed by atoms with E-state index in [0.29, 0.717) is 5.92 Å². The molecule has 0 atom stereocenters. The summed E-state index contributed by atoms with van der Waals surface area (Å²) in [5.41, 5.74) is 2.03. The SMILES string of the molecule is CCC(CC)COc1ccc(C)nc1CNC. The average Bonchev–Trinajstić information content (AvgIpc) is 2.33. The van der Waals surface area contributed by atoms with Gasteiger partial charge in [-0.05, 0) is 32.0 Å². The van der Waals surface area contributed by atoms with Gasteiger partial charge in [-0.2, -0.15) is 0 Å². The monoisotopic (exact) mass is 236 g/mol. The molecule has 1 heterocycles. The van der Waals surface area contributed by atoms with E-state index >= 15 is 0 Å². The van der Waals surface area contributed by atoms with Gasteiger partial charge in [-0.15, -0.1) is 0 Å². The molecule has 0 saturated heterocycles. The van der Waals surface area contributed by atoms with Crippen LogP contribution in [0, 0.1) is 12.8 Å². The van der Waals surface area contributed by atoms with Crippen LogP contribution in [0.25, 0.3) is 0 Å². The lowest BCUT2D eigenvalue weighted by atomic mass is 10.1. The smallest absolute Gasteiger partial charge is 0.142 e. The molecule has 1 aromatic heterocycles. The van der Waals surface area contributed by atoms with E-state index in [1.807, 2.05) is 26.1 Å². The first-order chi connectivity index (χ1) is 8.21. The maximum absolute atomic E-state index is 5.89. The largest absolute Gasteiger partial charge is 0.491 e. The normalized spacial score (nSPS) is 10.9. The number of hydrogen-bond acceptors (Lipinski definition) is 3. The second-order valence-corrected chi connectivity index (χ2v) is 4.42. The summed E-state index contributed by atoms with van der Waals surface area (Å²) >= 11 is 0. The minimum Gasteiger partial charge on any atom is -0.491 e. The Bertz CT molecular complexity index is 335. The van der Waals surface area contributed by atoms with Crippen molar-refractivity contribution in [1.82, 2.24) is 10.3 Å². The van der Waals surface area contributed by atoms with E-state index in [0.717, 1.165) is 43.1 Å². The maximum Gasteiger partial charge on any atom is 0.142 e. The van der Waals surface area contributed by atoms with Crippen LogP contribution in [0.2, 0.25) is 0 Å². The summed E-state index contributed by atoms with van der Waals surface area (Å²) < 4.78 is 5.89. The van der Waals surface area contributed by atoms with Crippen molar-refractivity contribution in [1.29, 1.82) is 0 Å². The molecular weight excluding hydrogens is 212 g/mol. The molecule has 0 aliphatic rings. The lowest BCUT2D eigenvalue weighted by Gasteiger charge is -2.16. The van der Waals surface area contributed by atoms with Crippen LogP contribution in [-0.4, -0.2) is 18.6 Å². The minimum atomic E-state index is 0.638. The molecule has 17 heavy (non-hydrogen) atoms. The van der Waals surface area contributed by atoms with Gasteiger partial charge in [-0.1, -0.05) is 26.7 Å². The number of ether oxygens (including phenoxy) is 1. The van der Waals surface area contributed by atoms with Crippen LogP contribution >= 0.6 is 0 Å². The Hall–Kier alpha value is -1.09. The number of aromatic nitrogens is 1. The highest BCUT2D eigenvalue weighted by Crippen LogP contribution is 2.19. The van der Waals surface area contributed by atoms with E-state index < -0.39 is 0 Å². The molecular formula is C14H24N2O. The van der Waals surface area contributed by atoms with Crippen LogP contribution < -0.4 is 10.1 Å². The molecule has 0 unspecified atom stereocenters. The molecule has 0 radical (unpaired) electrons. The molecule has 3 nitrogen and oxygen atoms in total. The van der Waals surface area contributed by atoms with Crippen LogP contribution in [0.5, 0.6) is 5.75 Å². The van der Waals surface area contributed by atoms with Gasteiger partial charge in [0.1, 0.15) is 5.75 Å². The first-order valence-electron chi connectivity index (χ1n) is 6.45. The highest BCUT2D eigenvalue weighted by Gasteiger charge is 2.08. The lowest BCUT2D eigenvalue weighted by molar-refractivity contribution is 0.237. The van der Waals surface area contributed by atoms with Crippen molar-refractivity contribution in [2.24, 2.45) is 5.92 Å². The van der Waals surface area contributed by atoms with Crippen molar-refractivity contribution in [2.45, 2.75) is 40.2 Å². The summed E-state index contributed by atoms with van der Waals surface area (Å²) in [6.45, 7) is 7.96. The third-order valence-electron chi connectivity index (χ3n) is 3.05. The highest BCUT2D eigenvalue weighted by molar-refractivity contribution is 5.29. The number of rotatable bonds is 7. The van der Waals surface area contributed by atoms with Crippen LogP contribution in [0.1, 0.15) is 38.1 Å². The van der Waals surface area contributed by atoms with Crippen molar-refractivity contribution in [3.05, 3.63) is 23.5 Å². The van der Waals surface area contributed by atoms with Crippen molar-refractivity contribution < 1.29 is 4.74 Å². The average molecular weight is 236 g/mol. The Labute approximate surface area is 105 Å². The lowest BCUT2D eigenvalue weighted by Crippen LogP contribution is -2.14. The third-order valence-corrected chi connectivity index (χ3v) is 3.05. The summed E-state index contributed by atoms with van der Waals surface area (Å²) in [4.78, 5) is 4.50. The van der Waals surface area contributed by atoms with Gasteiger partial charge in [0.25, 0.3) is 0 Å². The molecule has 1 aromatic rings. The quantitative estimate of drug-likeness (QED) is 0.790. The van der Waals surface area contributed by atoms with Crippen molar-refractivity contribution >= 4 is 0 Å². The van der Waals surface area contributed by atoms with Crippen LogP contribution in [-0.2, 0) is 6.54 Å². The van der Waals surface area contributed by atoms with Gasteiger partial charge >= 0.3 is 0 Å². The number of pyridine rings is 1. The minimum absolute atomic E-state index is 0.638. The molecule has 0 fully saturated rings. The third kappa shape index (κ3) is 4.35. The molecule has 0 saturated carbocycles. The second kappa shape index (κ2) is 7.28. The second-order valence-electron chi connectivity index (χ2n) is 4.42. The van der Waals surface area contributed by atoms with Crippen LogP contribution in [0.3, 0.4) is 0 Å². The van der Waals surface area contributed by atoms with Gasteiger partial charge in [0.2, 0.25) is 0 Å². The number of hydrogen-bond donors (Lipinski definition) is 1. The Morgan fingerprint density at radius 1 is 1.29 bits per heavy atom. The van der Waals surface area contributed by atoms with Crippen molar-refractivity contribution in [3.63, 3.8) is 0 Å². The van der Waals surface area contributed by atoms with Crippen molar-refractivity contribution in [3.8, 4) is 5.75 Å². The fourth-order valence-electron chi connectivity index (χ4n) is 1.76. The standard InChI is InChI=1S/C14H24N2O/c1-5-12(6-2)10-17-14-8-7-11(3)16-13(14)9-15-4/h7-8,12,15H,5-6,9-10H2,1-4H3. The molecule has 0 aliphatic heterocycles. The Balaban J connectivity index is 2.68. The molecule has 0 amide bonds. The molecule has 0 spiro atoms. The zero-order valence-electron chi connectivity index (χ0n) is 11.4. The summed E-state index contributed by atoms with van der Waals surface area (Å²) in [5.74, 6) is 1.55. The van der Waals surface area contributed by atoms with E-state index in [9.17, 15) is 0 Å². The Kier molecular flexibility index (Phi) is 5.98. The number of nitrogens with zero attached hydrogens (tertiary/aromatic N) is 1. The van der Waals surface area contributed by atoms with E-state index in [1.165, 1.54) is 0 Å². The van der Waals surface area contributed by atoms with E-state index in [2.05, 4.69) is 24.1 Å². The molecule has 3 heteroatoms. The van der Waals surface area contributed by atoms with Gasteiger partial charge < -0.3 is 10.1 Å². The number of aryl methyl sites for hydroxylation is 1. The van der Waals surface area contributed by atoms with E-state index in [4.69, 9.17) is 4.74 Å². The summed E-state index contributed by atoms with van der Waals surface area (Å²) in [5, 5.41) is 3.12. The molecule has 1 N–H and O–H groups in total. The first kappa shape index (κ1) is 14.0. The highest BCUT2D eigenvalue weighted by atomic mass is 16.5. The summed E-state index contributed by atoms with van der Waals surface area (Å²) in [7, 11) is 1.93. The molecule has 1 rings (SSSR count). The van der Waals surface area contributed by atoms with Gasteiger partial charge in [-0.25, -0.2) is 0 Å². The molecule has 0 bridgehead atoms. The number of nitrogens with one attached hydrogen (secondary N) is 1. The van der Waals surface area contributed by atoms with Crippen LogP contribution in [0.15, 0.2) is 12.1 Å².